The lowest BCUT2D eigenvalue weighted by atomic mass is 9.91. The quantitative estimate of drug-likeness (QED) is 0.867. The fourth-order valence-electron chi connectivity index (χ4n) is 4.39. The molecule has 0 saturated carbocycles. The summed E-state index contributed by atoms with van der Waals surface area (Å²) in [7, 11) is 0. The number of amides is 2. The molecule has 2 amide bonds. The van der Waals surface area contributed by atoms with Crippen molar-refractivity contribution in [3.05, 3.63) is 29.8 Å². The van der Waals surface area contributed by atoms with Crippen LogP contribution in [-0.2, 0) is 9.59 Å². The molecular formula is C18H23FN4O2. The Kier molecular flexibility index (Phi) is 4.19. The van der Waals surface area contributed by atoms with E-state index in [1.165, 1.54) is 18.5 Å². The second-order valence-electron chi connectivity index (χ2n) is 7.37. The lowest BCUT2D eigenvalue weighted by Gasteiger charge is -2.42. The Bertz CT molecular complexity index is 691. The van der Waals surface area contributed by atoms with Crippen LogP contribution >= 0.6 is 0 Å². The van der Waals surface area contributed by atoms with E-state index in [-0.39, 0.29) is 29.6 Å². The first-order chi connectivity index (χ1) is 12.1. The Morgan fingerprint density at radius 3 is 2.80 bits per heavy atom. The molecule has 0 aromatic carbocycles. The van der Waals surface area contributed by atoms with Crippen LogP contribution in [0.5, 0.6) is 0 Å². The Hall–Kier alpha value is -2.02. The number of carbonyl (C=O) groups is 2. The summed E-state index contributed by atoms with van der Waals surface area (Å²) in [6.07, 6.45) is 7.07. The van der Waals surface area contributed by atoms with Crippen LogP contribution in [0.25, 0.3) is 0 Å². The van der Waals surface area contributed by atoms with Crippen molar-refractivity contribution in [2.45, 2.75) is 56.1 Å². The first-order valence-corrected chi connectivity index (χ1v) is 9.02. The second-order valence-corrected chi connectivity index (χ2v) is 7.37. The number of pyridine rings is 1. The summed E-state index contributed by atoms with van der Waals surface area (Å²) in [5.41, 5.74) is 6.53. The van der Waals surface area contributed by atoms with E-state index < -0.39 is 12.1 Å². The zero-order chi connectivity index (χ0) is 17.6. The van der Waals surface area contributed by atoms with Gasteiger partial charge in [-0.05, 0) is 38.2 Å². The average Bonchev–Trinajstić information content (AvgIpc) is 2.92. The van der Waals surface area contributed by atoms with Gasteiger partial charge in [-0.1, -0.05) is 0 Å². The Morgan fingerprint density at radius 1 is 1.24 bits per heavy atom. The highest BCUT2D eigenvalue weighted by molar-refractivity contribution is 5.91. The van der Waals surface area contributed by atoms with Gasteiger partial charge in [-0.25, -0.2) is 4.39 Å². The van der Waals surface area contributed by atoms with Crippen molar-refractivity contribution in [3.8, 4) is 0 Å². The molecule has 0 bridgehead atoms. The maximum Gasteiger partial charge on any atom is 0.245 e. The monoisotopic (exact) mass is 346 g/mol. The molecule has 2 N–H and O–H groups in total. The summed E-state index contributed by atoms with van der Waals surface area (Å²) in [4.78, 5) is 32.9. The van der Waals surface area contributed by atoms with Crippen LogP contribution in [0.3, 0.4) is 0 Å². The molecule has 1 aromatic heterocycles. The van der Waals surface area contributed by atoms with Crippen molar-refractivity contribution in [2.75, 3.05) is 13.1 Å². The standard InChI is InChI=1S/C18H23FN4O2/c19-14-6-7-21-8-13(14)11-9-22(10-11)18(25)16-5-4-12-2-1-3-15(20)17(24)23(12)16/h6-8,11-12,15-16H,1-5,9-10,20H2/t12-,15-,16-/m0/s1. The zero-order valence-corrected chi connectivity index (χ0v) is 14.1. The van der Waals surface area contributed by atoms with Gasteiger partial charge in [0.15, 0.2) is 0 Å². The molecule has 4 rings (SSSR count). The van der Waals surface area contributed by atoms with Gasteiger partial charge in [0.2, 0.25) is 11.8 Å². The molecule has 3 aliphatic rings. The number of nitrogens with zero attached hydrogens (tertiary/aromatic N) is 3. The number of aromatic nitrogens is 1. The first-order valence-electron chi connectivity index (χ1n) is 9.02. The van der Waals surface area contributed by atoms with Gasteiger partial charge in [-0.15, -0.1) is 0 Å². The molecule has 6 nitrogen and oxygen atoms in total. The average molecular weight is 346 g/mol. The minimum atomic E-state index is -0.493. The summed E-state index contributed by atoms with van der Waals surface area (Å²) in [5.74, 6) is -0.405. The van der Waals surface area contributed by atoms with E-state index in [9.17, 15) is 14.0 Å². The third kappa shape index (κ3) is 2.80. The number of nitrogens with two attached hydrogens (primary N) is 1. The lowest BCUT2D eigenvalue weighted by Crippen LogP contribution is -2.58. The molecule has 3 aliphatic heterocycles. The van der Waals surface area contributed by atoms with E-state index in [1.807, 2.05) is 0 Å². The van der Waals surface area contributed by atoms with Gasteiger partial charge in [0.1, 0.15) is 11.9 Å². The van der Waals surface area contributed by atoms with Crippen LogP contribution in [-0.4, -0.2) is 57.8 Å². The number of likely N-dealkylation sites (tertiary alicyclic amines) is 1. The minimum absolute atomic E-state index is 0.0167. The number of hydrogen-bond donors (Lipinski definition) is 1. The van der Waals surface area contributed by atoms with E-state index in [4.69, 9.17) is 5.73 Å². The van der Waals surface area contributed by atoms with Crippen LogP contribution in [0, 0.1) is 5.82 Å². The SMILES string of the molecule is N[C@H]1CCC[C@H]2CC[C@@H](C(=O)N3CC(c4cnccc4F)C3)N2C1=O. The van der Waals surface area contributed by atoms with Crippen LogP contribution < -0.4 is 5.73 Å². The molecule has 0 spiro atoms. The van der Waals surface area contributed by atoms with Crippen LogP contribution in [0.15, 0.2) is 18.5 Å². The molecule has 1 aromatic rings. The molecule has 0 unspecified atom stereocenters. The summed E-state index contributed by atoms with van der Waals surface area (Å²) in [6, 6.07) is 0.592. The van der Waals surface area contributed by atoms with E-state index in [2.05, 4.69) is 4.98 Å². The Labute approximate surface area is 146 Å². The number of rotatable bonds is 2. The summed E-state index contributed by atoms with van der Waals surface area (Å²) in [6.45, 7) is 0.966. The first kappa shape index (κ1) is 16.4. The molecule has 4 heterocycles. The molecule has 0 radical (unpaired) electrons. The van der Waals surface area contributed by atoms with Gasteiger partial charge < -0.3 is 15.5 Å². The van der Waals surface area contributed by atoms with E-state index in [0.29, 0.717) is 31.5 Å². The van der Waals surface area contributed by atoms with Crippen molar-refractivity contribution in [1.29, 1.82) is 0 Å². The third-order valence-corrected chi connectivity index (χ3v) is 5.84. The highest BCUT2D eigenvalue weighted by Crippen LogP contribution is 2.35. The molecule has 134 valence electrons. The highest BCUT2D eigenvalue weighted by Gasteiger charge is 2.46. The molecule has 3 saturated heterocycles. The predicted octanol–water partition coefficient (Wildman–Crippen LogP) is 1.02. The number of halogens is 1. The Balaban J connectivity index is 1.44. The molecule has 7 heteroatoms. The maximum atomic E-state index is 13.8. The van der Waals surface area contributed by atoms with Gasteiger partial charge >= 0.3 is 0 Å². The maximum absolute atomic E-state index is 13.8. The highest BCUT2D eigenvalue weighted by atomic mass is 19.1. The molecule has 0 aliphatic carbocycles. The van der Waals surface area contributed by atoms with Crippen molar-refractivity contribution >= 4 is 11.8 Å². The van der Waals surface area contributed by atoms with Gasteiger partial charge in [-0.2, -0.15) is 0 Å². The number of hydrogen-bond acceptors (Lipinski definition) is 4. The topological polar surface area (TPSA) is 79.5 Å². The molecular weight excluding hydrogens is 323 g/mol. The second kappa shape index (κ2) is 6.37. The predicted molar refractivity (Wildman–Crippen MR) is 89.0 cm³/mol. The summed E-state index contributed by atoms with van der Waals surface area (Å²) >= 11 is 0. The molecule has 3 atom stereocenters. The Morgan fingerprint density at radius 2 is 2.04 bits per heavy atom. The zero-order valence-electron chi connectivity index (χ0n) is 14.1. The smallest absolute Gasteiger partial charge is 0.245 e. The summed E-state index contributed by atoms with van der Waals surface area (Å²) < 4.78 is 13.8. The molecule has 3 fully saturated rings. The third-order valence-electron chi connectivity index (χ3n) is 5.84. The summed E-state index contributed by atoms with van der Waals surface area (Å²) in [5, 5.41) is 0. The van der Waals surface area contributed by atoms with E-state index in [0.717, 1.165) is 19.3 Å². The van der Waals surface area contributed by atoms with Crippen LogP contribution in [0.4, 0.5) is 4.39 Å². The fourth-order valence-corrected chi connectivity index (χ4v) is 4.39. The van der Waals surface area contributed by atoms with Gasteiger partial charge in [-0.3, -0.25) is 14.6 Å². The minimum Gasteiger partial charge on any atom is -0.340 e. The normalized spacial score (nSPS) is 30.0. The lowest BCUT2D eigenvalue weighted by molar-refractivity contribution is -0.148. The number of fused-ring (bicyclic) bond motifs is 1. The number of carbonyl (C=O) groups excluding carboxylic acids is 2. The van der Waals surface area contributed by atoms with E-state index in [1.54, 1.807) is 9.80 Å². The van der Waals surface area contributed by atoms with Crippen LogP contribution in [0.2, 0.25) is 0 Å². The van der Waals surface area contributed by atoms with Crippen molar-refractivity contribution in [1.82, 2.24) is 14.8 Å². The molecule has 25 heavy (non-hydrogen) atoms. The van der Waals surface area contributed by atoms with Gasteiger partial charge in [0.05, 0.1) is 6.04 Å². The van der Waals surface area contributed by atoms with Gasteiger partial charge in [0, 0.05) is 43.0 Å². The fraction of sp³-hybridized carbons (Fsp3) is 0.611. The van der Waals surface area contributed by atoms with E-state index >= 15 is 0 Å². The van der Waals surface area contributed by atoms with Crippen molar-refractivity contribution in [3.63, 3.8) is 0 Å². The van der Waals surface area contributed by atoms with Crippen molar-refractivity contribution < 1.29 is 14.0 Å². The van der Waals surface area contributed by atoms with Crippen molar-refractivity contribution in [2.24, 2.45) is 5.73 Å². The van der Waals surface area contributed by atoms with Gasteiger partial charge in [0.25, 0.3) is 0 Å². The van der Waals surface area contributed by atoms with Crippen LogP contribution in [0.1, 0.15) is 43.6 Å². The largest absolute Gasteiger partial charge is 0.340 e.